The summed E-state index contributed by atoms with van der Waals surface area (Å²) in [6.07, 6.45) is 2.00. The number of methoxy groups -OCH3 is 1. The van der Waals surface area contributed by atoms with Gasteiger partial charge in [-0.15, -0.1) is 0 Å². The Labute approximate surface area is 124 Å². The summed E-state index contributed by atoms with van der Waals surface area (Å²) in [5, 5.41) is 0. The Morgan fingerprint density at radius 2 is 1.90 bits per heavy atom. The molecule has 0 fully saturated rings. The highest BCUT2D eigenvalue weighted by atomic mass is 16.6. The maximum atomic E-state index is 12.2. The number of carbonyl (C=O) groups is 1. The number of rotatable bonds is 5. The van der Waals surface area contributed by atoms with Crippen LogP contribution >= 0.6 is 0 Å². The van der Waals surface area contributed by atoms with Crippen molar-refractivity contribution in [1.82, 2.24) is 0 Å². The molecule has 0 bridgehead atoms. The van der Waals surface area contributed by atoms with E-state index >= 15 is 0 Å². The Kier molecular flexibility index (Phi) is 4.82. The molecule has 4 nitrogen and oxygen atoms in total. The zero-order chi connectivity index (χ0) is 15.2. The topological polar surface area (TPSA) is 61.5 Å². The van der Waals surface area contributed by atoms with E-state index in [2.05, 4.69) is 6.92 Å². The minimum absolute atomic E-state index is 0.345. The van der Waals surface area contributed by atoms with Crippen LogP contribution in [-0.2, 0) is 6.42 Å². The number of carbonyl (C=O) groups excluding carboxylic acids is 1. The number of ether oxygens (including phenoxy) is 2. The molecule has 110 valence electrons. The molecule has 2 rings (SSSR count). The molecule has 2 aromatic carbocycles. The van der Waals surface area contributed by atoms with E-state index < -0.39 is 5.97 Å². The van der Waals surface area contributed by atoms with E-state index in [1.807, 2.05) is 12.1 Å². The summed E-state index contributed by atoms with van der Waals surface area (Å²) >= 11 is 0. The van der Waals surface area contributed by atoms with Crippen LogP contribution in [0.25, 0.3) is 0 Å². The van der Waals surface area contributed by atoms with Crippen molar-refractivity contribution in [3.05, 3.63) is 53.6 Å². The molecule has 0 amide bonds. The number of benzene rings is 2. The number of hydrogen-bond acceptors (Lipinski definition) is 4. The molecule has 2 N–H and O–H groups in total. The summed E-state index contributed by atoms with van der Waals surface area (Å²) < 4.78 is 10.7. The summed E-state index contributed by atoms with van der Waals surface area (Å²) in [4.78, 5) is 12.2. The second kappa shape index (κ2) is 6.79. The van der Waals surface area contributed by atoms with Crippen LogP contribution in [-0.4, -0.2) is 13.1 Å². The zero-order valence-electron chi connectivity index (χ0n) is 12.3. The third-order valence-corrected chi connectivity index (χ3v) is 3.15. The molecule has 0 heterocycles. The van der Waals surface area contributed by atoms with Crippen LogP contribution in [0.1, 0.15) is 29.3 Å². The number of hydrogen-bond donors (Lipinski definition) is 1. The van der Waals surface area contributed by atoms with E-state index in [9.17, 15) is 4.79 Å². The third-order valence-electron chi connectivity index (χ3n) is 3.15. The molecule has 0 aromatic heterocycles. The van der Waals surface area contributed by atoms with E-state index in [1.54, 1.807) is 37.4 Å². The molecule has 0 aliphatic heterocycles. The molecule has 0 aliphatic rings. The van der Waals surface area contributed by atoms with Crippen molar-refractivity contribution >= 4 is 11.7 Å². The first-order chi connectivity index (χ1) is 10.2. The van der Waals surface area contributed by atoms with Crippen LogP contribution in [0, 0.1) is 0 Å². The Bertz CT molecular complexity index is 638. The zero-order valence-corrected chi connectivity index (χ0v) is 12.3. The molecular formula is C17H19NO3. The fourth-order valence-corrected chi connectivity index (χ4v) is 2.08. The molecule has 4 heteroatoms. The summed E-state index contributed by atoms with van der Waals surface area (Å²) in [6.45, 7) is 2.11. The third kappa shape index (κ3) is 3.54. The Balaban J connectivity index is 2.23. The Morgan fingerprint density at radius 3 is 2.57 bits per heavy atom. The minimum Gasteiger partial charge on any atom is -0.493 e. The van der Waals surface area contributed by atoms with E-state index in [-0.39, 0.29) is 0 Å². The van der Waals surface area contributed by atoms with Crippen molar-refractivity contribution in [2.45, 2.75) is 19.8 Å². The lowest BCUT2D eigenvalue weighted by molar-refractivity contribution is 0.0731. The van der Waals surface area contributed by atoms with E-state index in [0.717, 1.165) is 18.4 Å². The van der Waals surface area contributed by atoms with Crippen molar-refractivity contribution in [2.75, 3.05) is 12.8 Å². The number of para-hydroxylation sites is 1. The summed E-state index contributed by atoms with van der Waals surface area (Å²) in [7, 11) is 1.55. The highest BCUT2D eigenvalue weighted by molar-refractivity contribution is 5.96. The van der Waals surface area contributed by atoms with Crippen molar-refractivity contribution in [3.8, 4) is 11.5 Å². The summed E-state index contributed by atoms with van der Waals surface area (Å²) in [5.74, 6) is 0.448. The first-order valence-corrected chi connectivity index (χ1v) is 6.89. The van der Waals surface area contributed by atoms with Crippen molar-refractivity contribution in [2.24, 2.45) is 0 Å². The molecular weight excluding hydrogens is 266 g/mol. The van der Waals surface area contributed by atoms with Crippen molar-refractivity contribution < 1.29 is 14.3 Å². The van der Waals surface area contributed by atoms with Gasteiger partial charge in [0.15, 0.2) is 11.5 Å². The SMILES string of the molecule is CCCc1ccc(OC(=O)c2ccccc2N)c(OC)c1. The molecule has 0 unspecified atom stereocenters. The molecule has 0 saturated carbocycles. The molecule has 21 heavy (non-hydrogen) atoms. The minimum atomic E-state index is -0.491. The van der Waals surface area contributed by atoms with Gasteiger partial charge in [0.1, 0.15) is 0 Å². The lowest BCUT2D eigenvalue weighted by atomic mass is 10.1. The number of nitrogen functional groups attached to an aromatic ring is 1. The second-order valence-electron chi connectivity index (χ2n) is 4.71. The van der Waals surface area contributed by atoms with Gasteiger partial charge in [0.25, 0.3) is 0 Å². The Hall–Kier alpha value is -2.49. The normalized spacial score (nSPS) is 10.2. The highest BCUT2D eigenvalue weighted by Crippen LogP contribution is 2.29. The van der Waals surface area contributed by atoms with Crippen LogP contribution in [0.5, 0.6) is 11.5 Å². The van der Waals surface area contributed by atoms with Crippen LogP contribution in [0.2, 0.25) is 0 Å². The average molecular weight is 285 g/mol. The first-order valence-electron chi connectivity index (χ1n) is 6.89. The molecule has 0 aliphatic carbocycles. The number of aryl methyl sites for hydroxylation is 1. The predicted octanol–water partition coefficient (Wildman–Crippen LogP) is 3.45. The molecule has 0 radical (unpaired) electrons. The van der Waals surface area contributed by atoms with Gasteiger partial charge in [0, 0.05) is 5.69 Å². The highest BCUT2D eigenvalue weighted by Gasteiger charge is 2.14. The number of nitrogens with two attached hydrogens (primary N) is 1. The van der Waals surface area contributed by atoms with Gasteiger partial charge in [-0.05, 0) is 36.2 Å². The van der Waals surface area contributed by atoms with Gasteiger partial charge >= 0.3 is 5.97 Å². The average Bonchev–Trinajstić information content (AvgIpc) is 2.49. The Morgan fingerprint density at radius 1 is 1.14 bits per heavy atom. The van der Waals surface area contributed by atoms with Crippen molar-refractivity contribution in [1.29, 1.82) is 0 Å². The van der Waals surface area contributed by atoms with Gasteiger partial charge < -0.3 is 15.2 Å². The smallest absolute Gasteiger partial charge is 0.345 e. The van der Waals surface area contributed by atoms with Gasteiger partial charge in [-0.2, -0.15) is 0 Å². The van der Waals surface area contributed by atoms with E-state index in [4.69, 9.17) is 15.2 Å². The van der Waals surface area contributed by atoms with Crippen LogP contribution in [0.3, 0.4) is 0 Å². The van der Waals surface area contributed by atoms with E-state index in [1.165, 1.54) is 0 Å². The predicted molar refractivity (Wildman–Crippen MR) is 82.8 cm³/mol. The maximum Gasteiger partial charge on any atom is 0.345 e. The first kappa shape index (κ1) is 14.9. The molecule has 0 atom stereocenters. The fraction of sp³-hybridized carbons (Fsp3) is 0.235. The van der Waals surface area contributed by atoms with Gasteiger partial charge in [0.2, 0.25) is 0 Å². The molecule has 0 spiro atoms. The summed E-state index contributed by atoms with van der Waals surface area (Å²) in [5.41, 5.74) is 7.66. The number of anilines is 1. The standard InChI is InChI=1S/C17H19NO3/c1-3-6-12-9-10-15(16(11-12)20-2)21-17(19)13-7-4-5-8-14(13)18/h4-5,7-11H,3,6,18H2,1-2H3. The largest absolute Gasteiger partial charge is 0.493 e. The number of esters is 1. The van der Waals surface area contributed by atoms with E-state index in [0.29, 0.717) is 22.7 Å². The van der Waals surface area contributed by atoms with Crippen LogP contribution < -0.4 is 15.2 Å². The monoisotopic (exact) mass is 285 g/mol. The fourth-order valence-electron chi connectivity index (χ4n) is 2.08. The van der Waals surface area contributed by atoms with Gasteiger partial charge in [-0.1, -0.05) is 31.5 Å². The maximum absolute atomic E-state index is 12.2. The van der Waals surface area contributed by atoms with Crippen LogP contribution in [0.15, 0.2) is 42.5 Å². The van der Waals surface area contributed by atoms with Gasteiger partial charge in [-0.3, -0.25) is 0 Å². The van der Waals surface area contributed by atoms with Crippen molar-refractivity contribution in [3.63, 3.8) is 0 Å². The van der Waals surface area contributed by atoms with Crippen LogP contribution in [0.4, 0.5) is 5.69 Å². The molecule has 0 saturated heterocycles. The lowest BCUT2D eigenvalue weighted by Gasteiger charge is -2.11. The second-order valence-corrected chi connectivity index (χ2v) is 4.71. The lowest BCUT2D eigenvalue weighted by Crippen LogP contribution is -2.11. The van der Waals surface area contributed by atoms with Gasteiger partial charge in [-0.25, -0.2) is 4.79 Å². The van der Waals surface area contributed by atoms with Gasteiger partial charge in [0.05, 0.1) is 12.7 Å². The quantitative estimate of drug-likeness (QED) is 0.519. The summed E-state index contributed by atoms with van der Waals surface area (Å²) in [6, 6.07) is 12.4. The molecule has 2 aromatic rings.